The number of halogens is 1. The topological polar surface area (TPSA) is 45.0 Å². The second kappa shape index (κ2) is 8.80. The minimum Gasteiger partial charge on any atom is -0.284 e. The van der Waals surface area contributed by atoms with Crippen molar-refractivity contribution in [3.05, 3.63) is 82.9 Å². The number of carbonyl (C=O) groups is 1. The SMILES string of the molecule is CC[C@H]1S/C(=N/N=C\c2ccc(Cl)cc2)N(Cc2cccc3ccccc23)C1=O. The largest absolute Gasteiger partial charge is 0.284 e. The third-order valence-electron chi connectivity index (χ3n) is 4.82. The number of carbonyl (C=O) groups excluding carboxylic acids is 1. The Bertz CT molecular complexity index is 1090. The molecule has 0 unspecified atom stereocenters. The van der Waals surface area contributed by atoms with Crippen molar-refractivity contribution in [2.45, 2.75) is 25.1 Å². The van der Waals surface area contributed by atoms with E-state index in [0.717, 1.165) is 28.3 Å². The van der Waals surface area contributed by atoms with Crippen LogP contribution < -0.4 is 0 Å². The van der Waals surface area contributed by atoms with E-state index in [2.05, 4.69) is 34.5 Å². The number of nitrogens with zero attached hydrogens (tertiary/aromatic N) is 3. The maximum absolute atomic E-state index is 12.9. The molecule has 1 saturated heterocycles. The van der Waals surface area contributed by atoms with Crippen molar-refractivity contribution in [3.8, 4) is 0 Å². The second-order valence-electron chi connectivity index (χ2n) is 6.76. The molecule has 0 aliphatic carbocycles. The Hall–Kier alpha value is -2.63. The van der Waals surface area contributed by atoms with Gasteiger partial charge in [-0.25, -0.2) is 0 Å². The molecule has 0 radical (unpaired) electrons. The number of amides is 1. The van der Waals surface area contributed by atoms with E-state index >= 15 is 0 Å². The number of thioether (sulfide) groups is 1. The lowest BCUT2D eigenvalue weighted by molar-refractivity contribution is -0.126. The van der Waals surface area contributed by atoms with Gasteiger partial charge in [0.1, 0.15) is 0 Å². The molecule has 4 rings (SSSR count). The first-order valence-electron chi connectivity index (χ1n) is 9.47. The van der Waals surface area contributed by atoms with Gasteiger partial charge in [-0.15, -0.1) is 5.10 Å². The Morgan fingerprint density at radius 3 is 2.62 bits per heavy atom. The molecule has 0 aromatic heterocycles. The Morgan fingerprint density at radius 2 is 1.83 bits per heavy atom. The number of benzene rings is 3. The number of amidine groups is 1. The van der Waals surface area contributed by atoms with Gasteiger partial charge in [0.15, 0.2) is 5.17 Å². The number of hydrogen-bond donors (Lipinski definition) is 0. The highest BCUT2D eigenvalue weighted by Gasteiger charge is 2.37. The monoisotopic (exact) mass is 421 g/mol. The molecule has 0 bridgehead atoms. The molecule has 1 heterocycles. The van der Waals surface area contributed by atoms with Gasteiger partial charge < -0.3 is 0 Å². The predicted octanol–water partition coefficient (Wildman–Crippen LogP) is 5.74. The molecule has 0 spiro atoms. The number of hydrogen-bond acceptors (Lipinski definition) is 4. The fraction of sp³-hybridized carbons (Fsp3) is 0.174. The van der Waals surface area contributed by atoms with Gasteiger partial charge in [0.05, 0.1) is 18.0 Å². The van der Waals surface area contributed by atoms with Gasteiger partial charge in [-0.2, -0.15) is 5.10 Å². The van der Waals surface area contributed by atoms with Crippen molar-refractivity contribution in [1.82, 2.24) is 4.90 Å². The first kappa shape index (κ1) is 19.7. The molecule has 146 valence electrons. The van der Waals surface area contributed by atoms with E-state index in [4.69, 9.17) is 11.6 Å². The Kier molecular flexibility index (Phi) is 5.97. The lowest BCUT2D eigenvalue weighted by Crippen LogP contribution is -2.31. The molecule has 1 atom stereocenters. The maximum Gasteiger partial charge on any atom is 0.242 e. The fourth-order valence-corrected chi connectivity index (χ4v) is 4.44. The highest BCUT2D eigenvalue weighted by atomic mass is 35.5. The van der Waals surface area contributed by atoms with Gasteiger partial charge in [0.2, 0.25) is 5.91 Å². The molecule has 3 aromatic rings. The van der Waals surface area contributed by atoms with Crippen LogP contribution in [0.15, 0.2) is 76.9 Å². The van der Waals surface area contributed by atoms with Crippen LogP contribution in [0.5, 0.6) is 0 Å². The Balaban J connectivity index is 1.61. The zero-order chi connectivity index (χ0) is 20.2. The van der Waals surface area contributed by atoms with E-state index in [1.165, 1.54) is 11.8 Å². The maximum atomic E-state index is 12.9. The smallest absolute Gasteiger partial charge is 0.242 e. The number of rotatable bonds is 5. The fourth-order valence-electron chi connectivity index (χ4n) is 3.28. The minimum atomic E-state index is -0.116. The molecule has 1 fully saturated rings. The molecule has 0 saturated carbocycles. The summed E-state index contributed by atoms with van der Waals surface area (Å²) < 4.78 is 0. The van der Waals surface area contributed by atoms with Crippen molar-refractivity contribution >= 4 is 51.4 Å². The first-order chi connectivity index (χ1) is 14.2. The third kappa shape index (κ3) is 4.36. The van der Waals surface area contributed by atoms with E-state index < -0.39 is 0 Å². The summed E-state index contributed by atoms with van der Waals surface area (Å²) >= 11 is 7.40. The van der Waals surface area contributed by atoms with Crippen LogP contribution in [0.3, 0.4) is 0 Å². The zero-order valence-electron chi connectivity index (χ0n) is 16.0. The van der Waals surface area contributed by atoms with Crippen LogP contribution in [0.4, 0.5) is 0 Å². The van der Waals surface area contributed by atoms with Gasteiger partial charge >= 0.3 is 0 Å². The molecular formula is C23H20ClN3OS. The van der Waals surface area contributed by atoms with E-state index in [9.17, 15) is 4.79 Å². The molecule has 6 heteroatoms. The summed E-state index contributed by atoms with van der Waals surface area (Å²) in [6.07, 6.45) is 2.43. The van der Waals surface area contributed by atoms with Gasteiger partial charge in [-0.3, -0.25) is 9.69 Å². The Labute approximate surface area is 179 Å². The molecule has 1 amide bonds. The Morgan fingerprint density at radius 1 is 1.07 bits per heavy atom. The quantitative estimate of drug-likeness (QED) is 0.389. The molecular weight excluding hydrogens is 402 g/mol. The van der Waals surface area contributed by atoms with Crippen molar-refractivity contribution < 1.29 is 4.79 Å². The van der Waals surface area contributed by atoms with E-state index in [0.29, 0.717) is 16.7 Å². The number of fused-ring (bicyclic) bond motifs is 1. The molecule has 0 N–H and O–H groups in total. The van der Waals surface area contributed by atoms with Crippen molar-refractivity contribution in [1.29, 1.82) is 0 Å². The summed E-state index contributed by atoms with van der Waals surface area (Å²) in [5, 5.41) is 12.1. The summed E-state index contributed by atoms with van der Waals surface area (Å²) in [5.74, 6) is 0.0888. The molecule has 4 nitrogen and oxygen atoms in total. The molecule has 3 aromatic carbocycles. The van der Waals surface area contributed by atoms with Crippen molar-refractivity contribution in [2.75, 3.05) is 0 Å². The summed E-state index contributed by atoms with van der Waals surface area (Å²) in [6.45, 7) is 2.50. The van der Waals surface area contributed by atoms with Crippen molar-refractivity contribution in [2.24, 2.45) is 10.2 Å². The van der Waals surface area contributed by atoms with Gasteiger partial charge in [0, 0.05) is 5.02 Å². The van der Waals surface area contributed by atoms with Crippen LogP contribution in [0, 0.1) is 0 Å². The minimum absolute atomic E-state index is 0.0888. The van der Waals surface area contributed by atoms with Crippen LogP contribution in [0.2, 0.25) is 5.02 Å². The highest BCUT2D eigenvalue weighted by Crippen LogP contribution is 2.32. The summed E-state index contributed by atoms with van der Waals surface area (Å²) in [5.41, 5.74) is 2.00. The van der Waals surface area contributed by atoms with Crippen LogP contribution in [-0.2, 0) is 11.3 Å². The van der Waals surface area contributed by atoms with Crippen LogP contribution in [0.1, 0.15) is 24.5 Å². The standard InChI is InChI=1S/C23H20ClN3OS/c1-2-21-22(28)27(15-18-8-5-7-17-6-3-4-9-20(17)18)23(29-21)26-25-14-16-10-12-19(24)13-11-16/h3-14,21H,2,15H2,1H3/b25-14-,26-23+/t21-/m1/s1. The van der Waals surface area contributed by atoms with E-state index in [-0.39, 0.29) is 11.2 Å². The third-order valence-corrected chi connectivity index (χ3v) is 6.40. The normalized spacial score (nSPS) is 18.4. The van der Waals surface area contributed by atoms with Crippen LogP contribution in [0.25, 0.3) is 10.8 Å². The zero-order valence-corrected chi connectivity index (χ0v) is 17.5. The summed E-state index contributed by atoms with van der Waals surface area (Å²) in [6, 6.07) is 21.8. The van der Waals surface area contributed by atoms with Crippen molar-refractivity contribution in [3.63, 3.8) is 0 Å². The predicted molar refractivity (Wildman–Crippen MR) is 123 cm³/mol. The first-order valence-corrected chi connectivity index (χ1v) is 10.7. The van der Waals surface area contributed by atoms with E-state index in [1.807, 2.05) is 49.4 Å². The van der Waals surface area contributed by atoms with Gasteiger partial charge in [-0.05, 0) is 40.5 Å². The molecule has 1 aliphatic rings. The lowest BCUT2D eigenvalue weighted by atomic mass is 10.0. The lowest BCUT2D eigenvalue weighted by Gasteiger charge is -2.17. The van der Waals surface area contributed by atoms with Crippen LogP contribution in [-0.4, -0.2) is 27.4 Å². The highest BCUT2D eigenvalue weighted by molar-refractivity contribution is 8.15. The summed E-state index contributed by atoms with van der Waals surface area (Å²) in [7, 11) is 0. The van der Waals surface area contributed by atoms with Gasteiger partial charge in [0.25, 0.3) is 0 Å². The summed E-state index contributed by atoms with van der Waals surface area (Å²) in [4.78, 5) is 14.7. The van der Waals surface area contributed by atoms with E-state index in [1.54, 1.807) is 11.1 Å². The molecule has 29 heavy (non-hydrogen) atoms. The average Bonchev–Trinajstić information content (AvgIpc) is 3.04. The van der Waals surface area contributed by atoms with Crippen LogP contribution >= 0.6 is 23.4 Å². The second-order valence-corrected chi connectivity index (χ2v) is 8.36. The van der Waals surface area contributed by atoms with Gasteiger partial charge in [-0.1, -0.05) is 84.9 Å². The molecule has 1 aliphatic heterocycles. The average molecular weight is 422 g/mol.